The quantitative estimate of drug-likeness (QED) is 0.652. The number of fused-ring (bicyclic) bond motifs is 3. The SMILES string of the molecule is CC1(C)OC(=O)c2ccc(-c3ccc(C[C@@H](C#N)CC(=O)[C@H]4N[C@@H]5CC[C@H]4C5)c(F)c3)cc21. The van der Waals surface area contributed by atoms with Crippen molar-refractivity contribution in [2.24, 2.45) is 11.8 Å². The largest absolute Gasteiger partial charge is 0.451 e. The number of cyclic esters (lactones) is 1. The Bertz CT molecular complexity index is 1180. The molecule has 1 N–H and O–H groups in total. The second-order valence-corrected chi connectivity index (χ2v) is 10.1. The maximum absolute atomic E-state index is 15.0. The van der Waals surface area contributed by atoms with E-state index in [9.17, 15) is 19.2 Å². The minimum Gasteiger partial charge on any atom is -0.451 e. The van der Waals surface area contributed by atoms with Crippen molar-refractivity contribution in [3.05, 3.63) is 58.9 Å². The maximum Gasteiger partial charge on any atom is 0.339 e. The minimum absolute atomic E-state index is 0.0725. The Hall–Kier alpha value is -3.04. The van der Waals surface area contributed by atoms with Gasteiger partial charge in [-0.3, -0.25) is 4.79 Å². The molecule has 2 fully saturated rings. The van der Waals surface area contributed by atoms with E-state index in [1.165, 1.54) is 6.07 Å². The van der Waals surface area contributed by atoms with Crippen LogP contribution in [0.4, 0.5) is 4.39 Å². The van der Waals surface area contributed by atoms with Gasteiger partial charge >= 0.3 is 5.97 Å². The highest BCUT2D eigenvalue weighted by Gasteiger charge is 2.42. The summed E-state index contributed by atoms with van der Waals surface area (Å²) in [5, 5.41) is 13.0. The Kier molecular flexibility index (Phi) is 5.33. The summed E-state index contributed by atoms with van der Waals surface area (Å²) in [6, 6.07) is 12.8. The van der Waals surface area contributed by atoms with Crippen LogP contribution in [0.5, 0.6) is 0 Å². The Morgan fingerprint density at radius 1 is 1.24 bits per heavy atom. The summed E-state index contributed by atoms with van der Waals surface area (Å²) in [7, 11) is 0. The molecule has 1 saturated heterocycles. The zero-order valence-corrected chi connectivity index (χ0v) is 18.9. The Morgan fingerprint density at radius 3 is 2.67 bits per heavy atom. The molecule has 1 aliphatic carbocycles. The number of nitrogens with zero attached hydrogens (tertiary/aromatic N) is 1. The van der Waals surface area contributed by atoms with Crippen LogP contribution in [0.15, 0.2) is 36.4 Å². The number of rotatable bonds is 6. The van der Waals surface area contributed by atoms with Gasteiger partial charge in [0.05, 0.1) is 23.6 Å². The number of hydrogen-bond donors (Lipinski definition) is 1. The van der Waals surface area contributed by atoms with E-state index in [0.29, 0.717) is 28.7 Å². The number of esters is 1. The normalized spacial score (nSPS) is 25.4. The van der Waals surface area contributed by atoms with E-state index in [0.717, 1.165) is 30.4 Å². The average Bonchev–Trinajstić information content (AvgIpc) is 3.48. The van der Waals surface area contributed by atoms with Crippen LogP contribution in [-0.2, 0) is 21.6 Å². The summed E-state index contributed by atoms with van der Waals surface area (Å²) >= 11 is 0. The molecule has 170 valence electrons. The minimum atomic E-state index is -0.721. The van der Waals surface area contributed by atoms with Crippen molar-refractivity contribution in [3.63, 3.8) is 0 Å². The number of nitriles is 1. The summed E-state index contributed by atoms with van der Waals surface area (Å²) in [5.41, 5.74) is 2.50. The van der Waals surface area contributed by atoms with Crippen molar-refractivity contribution in [1.29, 1.82) is 5.26 Å². The van der Waals surface area contributed by atoms with Gasteiger partial charge in [-0.1, -0.05) is 18.2 Å². The molecule has 33 heavy (non-hydrogen) atoms. The van der Waals surface area contributed by atoms with Gasteiger partial charge in [0.1, 0.15) is 11.4 Å². The van der Waals surface area contributed by atoms with Crippen molar-refractivity contribution < 1.29 is 18.7 Å². The summed E-state index contributed by atoms with van der Waals surface area (Å²) in [6.07, 6.45) is 3.59. The van der Waals surface area contributed by atoms with Crippen LogP contribution in [0.25, 0.3) is 11.1 Å². The standard InChI is InChI=1S/C27H27FN2O3/c1-27(2)22-12-16(6-8-21(22)26(32)33-27)17-3-4-18(23(28)13-17)9-15(14-29)10-24(31)25-19-5-7-20(11-19)30-25/h3-4,6,8,12-13,15,19-20,25,30H,5,7,9-11H2,1-2H3/t15-,19+,20-,25+/m1/s1. The van der Waals surface area contributed by atoms with E-state index < -0.39 is 17.3 Å². The molecule has 3 aliphatic rings. The highest BCUT2D eigenvalue weighted by molar-refractivity contribution is 5.95. The molecule has 0 unspecified atom stereocenters. The first-order valence-electron chi connectivity index (χ1n) is 11.6. The molecular formula is C27H27FN2O3. The number of piperidine rings is 1. The molecule has 4 atom stereocenters. The number of halogens is 1. The van der Waals surface area contributed by atoms with Gasteiger partial charge in [-0.05, 0) is 80.3 Å². The molecule has 2 aromatic rings. The number of carbonyl (C=O) groups is 2. The summed E-state index contributed by atoms with van der Waals surface area (Å²) in [5.74, 6) is -0.840. The Labute approximate surface area is 192 Å². The molecule has 2 heterocycles. The Balaban J connectivity index is 1.30. The van der Waals surface area contributed by atoms with Gasteiger partial charge in [0, 0.05) is 18.0 Å². The van der Waals surface area contributed by atoms with Crippen LogP contribution < -0.4 is 5.32 Å². The molecule has 0 amide bonds. The fourth-order valence-electron chi connectivity index (χ4n) is 5.65. The molecule has 6 heteroatoms. The lowest BCUT2D eigenvalue weighted by Gasteiger charge is -2.22. The summed E-state index contributed by atoms with van der Waals surface area (Å²) in [6.45, 7) is 3.67. The van der Waals surface area contributed by atoms with Gasteiger partial charge in [0.25, 0.3) is 0 Å². The van der Waals surface area contributed by atoms with Crippen LogP contribution in [0, 0.1) is 29.0 Å². The molecule has 2 aliphatic heterocycles. The third kappa shape index (κ3) is 3.95. The predicted octanol–water partition coefficient (Wildman–Crippen LogP) is 4.68. The van der Waals surface area contributed by atoms with Crippen molar-refractivity contribution in [3.8, 4) is 17.2 Å². The topological polar surface area (TPSA) is 79.2 Å². The lowest BCUT2D eigenvalue weighted by atomic mass is 9.88. The van der Waals surface area contributed by atoms with Crippen LogP contribution in [0.2, 0.25) is 0 Å². The lowest BCUT2D eigenvalue weighted by Crippen LogP contribution is -2.42. The lowest BCUT2D eigenvalue weighted by molar-refractivity contribution is -0.122. The first-order valence-corrected chi connectivity index (χ1v) is 11.6. The van der Waals surface area contributed by atoms with E-state index in [2.05, 4.69) is 11.4 Å². The number of hydrogen-bond acceptors (Lipinski definition) is 5. The fraction of sp³-hybridized carbons (Fsp3) is 0.444. The molecule has 2 bridgehead atoms. The monoisotopic (exact) mass is 446 g/mol. The first-order chi connectivity index (χ1) is 15.7. The third-order valence-electron chi connectivity index (χ3n) is 7.43. The number of ether oxygens (including phenoxy) is 1. The van der Waals surface area contributed by atoms with Crippen LogP contribution in [0.1, 0.15) is 61.0 Å². The van der Waals surface area contributed by atoms with Crippen molar-refractivity contribution in [2.75, 3.05) is 0 Å². The average molecular weight is 447 g/mol. The summed E-state index contributed by atoms with van der Waals surface area (Å²) in [4.78, 5) is 24.8. The zero-order chi connectivity index (χ0) is 23.3. The molecule has 5 nitrogen and oxygen atoms in total. The number of Topliss-reactive ketones (excluding diaryl/α,β-unsaturated/α-hetero) is 1. The molecule has 2 aromatic carbocycles. The second kappa shape index (κ2) is 8.07. The number of carbonyl (C=O) groups excluding carboxylic acids is 2. The van der Waals surface area contributed by atoms with Gasteiger partial charge < -0.3 is 10.1 Å². The second-order valence-electron chi connectivity index (χ2n) is 10.1. The highest BCUT2D eigenvalue weighted by Crippen LogP contribution is 2.39. The molecule has 1 saturated carbocycles. The first kappa shape index (κ1) is 21.8. The van der Waals surface area contributed by atoms with E-state index in [1.54, 1.807) is 18.2 Å². The highest BCUT2D eigenvalue weighted by atomic mass is 19.1. The van der Waals surface area contributed by atoms with E-state index in [-0.39, 0.29) is 30.6 Å². The summed E-state index contributed by atoms with van der Waals surface area (Å²) < 4.78 is 20.4. The molecule has 5 rings (SSSR count). The predicted molar refractivity (Wildman–Crippen MR) is 121 cm³/mol. The van der Waals surface area contributed by atoms with Gasteiger partial charge in [-0.2, -0.15) is 5.26 Å². The zero-order valence-electron chi connectivity index (χ0n) is 18.9. The van der Waals surface area contributed by atoms with Crippen molar-refractivity contribution in [2.45, 2.75) is 63.6 Å². The van der Waals surface area contributed by atoms with Crippen LogP contribution >= 0.6 is 0 Å². The van der Waals surface area contributed by atoms with Crippen LogP contribution in [-0.4, -0.2) is 23.8 Å². The number of ketones is 1. The maximum atomic E-state index is 15.0. The number of nitrogens with one attached hydrogen (secondary N) is 1. The molecule has 0 radical (unpaired) electrons. The third-order valence-corrected chi connectivity index (χ3v) is 7.43. The van der Waals surface area contributed by atoms with E-state index in [4.69, 9.17) is 4.74 Å². The van der Waals surface area contributed by atoms with Crippen molar-refractivity contribution >= 4 is 11.8 Å². The van der Waals surface area contributed by atoms with Gasteiger partial charge in [-0.25, -0.2) is 9.18 Å². The van der Waals surface area contributed by atoms with Crippen molar-refractivity contribution in [1.82, 2.24) is 5.32 Å². The fourth-order valence-corrected chi connectivity index (χ4v) is 5.65. The molecular weight excluding hydrogens is 419 g/mol. The van der Waals surface area contributed by atoms with Gasteiger partial charge in [-0.15, -0.1) is 0 Å². The smallest absolute Gasteiger partial charge is 0.339 e. The Morgan fingerprint density at radius 2 is 2.00 bits per heavy atom. The number of benzene rings is 2. The molecule has 0 aromatic heterocycles. The molecule has 0 spiro atoms. The van der Waals surface area contributed by atoms with E-state index in [1.807, 2.05) is 26.0 Å². The van der Waals surface area contributed by atoms with Crippen LogP contribution in [0.3, 0.4) is 0 Å². The van der Waals surface area contributed by atoms with E-state index >= 15 is 0 Å². The van der Waals surface area contributed by atoms with Gasteiger partial charge in [0.2, 0.25) is 0 Å². The van der Waals surface area contributed by atoms with Gasteiger partial charge in [0.15, 0.2) is 5.78 Å².